The molecule has 0 fully saturated rings. The Hall–Kier alpha value is -2.28. The van der Waals surface area contributed by atoms with E-state index >= 15 is 0 Å². The van der Waals surface area contributed by atoms with Crippen molar-refractivity contribution in [3.05, 3.63) is 72.1 Å². The number of aromatic nitrogens is 1. The van der Waals surface area contributed by atoms with Gasteiger partial charge in [0.2, 0.25) is 5.52 Å². The zero-order valence-electron chi connectivity index (χ0n) is 13.7. The van der Waals surface area contributed by atoms with Crippen LogP contribution >= 0.6 is 0 Å². The molecule has 0 spiro atoms. The van der Waals surface area contributed by atoms with E-state index < -0.39 is 10.2 Å². The van der Waals surface area contributed by atoms with Crippen molar-refractivity contribution < 1.29 is 33.3 Å². The van der Waals surface area contributed by atoms with Gasteiger partial charge in [-0.2, -0.15) is 4.40 Å². The second-order valence-electron chi connectivity index (χ2n) is 5.83. The molecular weight excluding hydrogens is 342 g/mol. The highest BCUT2D eigenvalue weighted by molar-refractivity contribution is 6.07. The smallest absolute Gasteiger partial charge is 0.221 e. The highest BCUT2D eigenvalue weighted by Crippen LogP contribution is 2.30. The van der Waals surface area contributed by atoms with Crippen LogP contribution in [0.1, 0.15) is 11.1 Å². The highest BCUT2D eigenvalue weighted by atomic mass is 35.7. The van der Waals surface area contributed by atoms with Gasteiger partial charge in [0, 0.05) is 17.7 Å². The van der Waals surface area contributed by atoms with Crippen LogP contribution in [0.2, 0.25) is 0 Å². The first kappa shape index (κ1) is 17.5. The lowest BCUT2D eigenvalue weighted by Gasteiger charge is -2.17. The molecule has 0 saturated heterocycles. The largest absolute Gasteiger partial charge is 0.222 e. The lowest BCUT2D eigenvalue weighted by Crippen LogP contribution is -2.68. The molecule has 0 saturated carbocycles. The summed E-state index contributed by atoms with van der Waals surface area (Å²) in [4.78, 5) is 0. The van der Waals surface area contributed by atoms with Gasteiger partial charge in [0.25, 0.3) is 0 Å². The second-order valence-corrected chi connectivity index (χ2v) is 6.58. The van der Waals surface area contributed by atoms with E-state index in [0.717, 1.165) is 0 Å². The zero-order valence-corrected chi connectivity index (χ0v) is 14.5. The van der Waals surface area contributed by atoms with E-state index in [1.807, 2.05) is 0 Å². The average Bonchev–Trinajstić information content (AvgIpc) is 2.53. The molecule has 25 heavy (non-hydrogen) atoms. The Bertz CT molecular complexity index is 1070. The molecule has 0 atom stereocenters. The number of benzene rings is 2. The molecule has 0 aliphatic carbocycles. The standard InChI is InChI=1S/C19H16N.ClHO4/c1-13-6-5-10-20-11-9-16-12-15-7-3-4-8-17(15)14(2)18(16)19(13)20;2-1(3,4)5/h3-12H,1-2H3;(H,2,3,4,5)/q+1;/p-1. The van der Waals surface area contributed by atoms with Crippen molar-refractivity contribution in [3.8, 4) is 0 Å². The van der Waals surface area contributed by atoms with Crippen LogP contribution in [-0.2, 0) is 0 Å². The number of hydrogen-bond donors (Lipinski definition) is 0. The van der Waals surface area contributed by atoms with Crippen molar-refractivity contribution in [1.29, 1.82) is 0 Å². The summed E-state index contributed by atoms with van der Waals surface area (Å²) < 4.78 is 36.2. The SMILES string of the molecule is Cc1c2ccccc2cc2cc[n+]3cccc(C)c3c12.[O-][Cl+3]([O-])([O-])[O-]. The van der Waals surface area contributed by atoms with Gasteiger partial charge in [-0.3, -0.25) is 0 Å². The third-order valence-corrected chi connectivity index (χ3v) is 4.22. The summed E-state index contributed by atoms with van der Waals surface area (Å²) in [5, 5.41) is 5.34. The maximum absolute atomic E-state index is 8.49. The second kappa shape index (κ2) is 6.55. The van der Waals surface area contributed by atoms with Gasteiger partial charge in [0.1, 0.15) is 0 Å². The van der Waals surface area contributed by atoms with E-state index in [4.69, 9.17) is 18.6 Å². The Morgan fingerprint density at radius 3 is 2.20 bits per heavy atom. The summed E-state index contributed by atoms with van der Waals surface area (Å²) in [7, 11) is -4.94. The molecule has 4 rings (SSSR count). The Balaban J connectivity index is 0.000000324. The molecule has 0 unspecified atom stereocenters. The zero-order chi connectivity index (χ0) is 18.2. The van der Waals surface area contributed by atoms with Crippen LogP contribution in [0.3, 0.4) is 0 Å². The molecular formula is C19H16ClNO4. The molecule has 2 aromatic carbocycles. The van der Waals surface area contributed by atoms with Crippen LogP contribution in [0, 0.1) is 24.1 Å². The van der Waals surface area contributed by atoms with Gasteiger partial charge in [-0.15, -0.1) is 10.2 Å². The van der Waals surface area contributed by atoms with Crippen LogP contribution < -0.4 is 23.0 Å². The van der Waals surface area contributed by atoms with Crippen molar-refractivity contribution >= 4 is 27.1 Å². The van der Waals surface area contributed by atoms with Gasteiger partial charge in [0.15, 0.2) is 12.4 Å². The van der Waals surface area contributed by atoms with Crippen molar-refractivity contribution in [3.63, 3.8) is 0 Å². The van der Waals surface area contributed by atoms with E-state index in [2.05, 4.69) is 79.2 Å². The molecule has 0 aliphatic rings. The minimum absolute atomic E-state index is 1.31. The van der Waals surface area contributed by atoms with Crippen LogP contribution in [0.25, 0.3) is 27.1 Å². The Kier molecular flexibility index (Phi) is 4.60. The third kappa shape index (κ3) is 3.71. The summed E-state index contributed by atoms with van der Waals surface area (Å²) in [6.07, 6.45) is 4.27. The minimum Gasteiger partial charge on any atom is -0.222 e. The molecule has 2 aromatic heterocycles. The monoisotopic (exact) mass is 357 g/mol. The summed E-state index contributed by atoms with van der Waals surface area (Å²) >= 11 is 0. The first-order valence-electron chi connectivity index (χ1n) is 7.59. The molecule has 4 aromatic rings. The molecule has 0 radical (unpaired) electrons. The van der Waals surface area contributed by atoms with E-state index in [0.29, 0.717) is 0 Å². The molecule has 0 amide bonds. The third-order valence-electron chi connectivity index (χ3n) is 4.22. The number of halogens is 1. The topological polar surface area (TPSA) is 96.3 Å². The maximum Gasteiger partial charge on any atom is 0.221 e. The normalized spacial score (nSPS) is 11.6. The summed E-state index contributed by atoms with van der Waals surface area (Å²) in [5.74, 6) is 0. The number of pyridine rings is 2. The number of hydrogen-bond acceptors (Lipinski definition) is 4. The first-order valence-corrected chi connectivity index (χ1v) is 8.82. The number of nitrogens with zero attached hydrogens (tertiary/aromatic N) is 1. The van der Waals surface area contributed by atoms with E-state index in [1.54, 1.807) is 0 Å². The lowest BCUT2D eigenvalue weighted by atomic mass is 9.96. The summed E-state index contributed by atoms with van der Waals surface area (Å²) in [5.41, 5.74) is 4.00. The van der Waals surface area contributed by atoms with Gasteiger partial charge in [-0.25, -0.2) is 18.6 Å². The fourth-order valence-corrected chi connectivity index (χ4v) is 3.25. The molecule has 2 heterocycles. The predicted molar refractivity (Wildman–Crippen MR) is 84.1 cm³/mol. The van der Waals surface area contributed by atoms with Gasteiger partial charge in [-0.1, -0.05) is 24.3 Å². The van der Waals surface area contributed by atoms with E-state index in [-0.39, 0.29) is 0 Å². The van der Waals surface area contributed by atoms with Crippen molar-refractivity contribution in [2.75, 3.05) is 0 Å². The molecule has 128 valence electrons. The Morgan fingerprint density at radius 2 is 1.48 bits per heavy atom. The molecule has 0 N–H and O–H groups in total. The Labute approximate surface area is 146 Å². The number of aryl methyl sites for hydroxylation is 2. The van der Waals surface area contributed by atoms with Crippen LogP contribution in [-0.4, -0.2) is 0 Å². The minimum atomic E-state index is -4.94. The van der Waals surface area contributed by atoms with Crippen molar-refractivity contribution in [1.82, 2.24) is 0 Å². The first-order chi connectivity index (χ1) is 11.8. The predicted octanol–water partition coefficient (Wildman–Crippen LogP) is -0.407. The quantitative estimate of drug-likeness (QED) is 0.243. The molecule has 0 aliphatic heterocycles. The number of fused-ring (bicyclic) bond motifs is 4. The fraction of sp³-hybridized carbons (Fsp3) is 0.105. The van der Waals surface area contributed by atoms with E-state index in [9.17, 15) is 0 Å². The maximum atomic E-state index is 8.49. The summed E-state index contributed by atoms with van der Waals surface area (Å²) in [6, 6.07) is 17.4. The highest BCUT2D eigenvalue weighted by Gasteiger charge is 2.14. The molecule has 6 heteroatoms. The molecule has 0 bridgehead atoms. The van der Waals surface area contributed by atoms with Gasteiger partial charge >= 0.3 is 0 Å². The van der Waals surface area contributed by atoms with Gasteiger partial charge < -0.3 is 0 Å². The van der Waals surface area contributed by atoms with Crippen molar-refractivity contribution in [2.45, 2.75) is 13.8 Å². The van der Waals surface area contributed by atoms with Crippen LogP contribution in [0.4, 0.5) is 0 Å². The van der Waals surface area contributed by atoms with Crippen molar-refractivity contribution in [2.24, 2.45) is 0 Å². The van der Waals surface area contributed by atoms with Crippen LogP contribution in [0.15, 0.2) is 60.9 Å². The van der Waals surface area contributed by atoms with E-state index in [1.165, 1.54) is 38.2 Å². The molecule has 5 nitrogen and oxygen atoms in total. The summed E-state index contributed by atoms with van der Waals surface area (Å²) in [6.45, 7) is 4.42. The lowest BCUT2D eigenvalue weighted by molar-refractivity contribution is -2.00. The fourth-order valence-electron chi connectivity index (χ4n) is 3.25. The number of rotatable bonds is 0. The van der Waals surface area contributed by atoms with Crippen LogP contribution in [0.5, 0.6) is 0 Å². The van der Waals surface area contributed by atoms with Gasteiger partial charge in [-0.05, 0) is 47.7 Å². The Morgan fingerprint density at radius 1 is 0.800 bits per heavy atom. The average molecular weight is 358 g/mol. The van der Waals surface area contributed by atoms with Gasteiger partial charge in [0.05, 0.1) is 5.39 Å².